The predicted octanol–water partition coefficient (Wildman–Crippen LogP) is 1.04. The number of hydrogen-bond acceptors (Lipinski definition) is 9. The maximum absolute atomic E-state index is 13.8. The second kappa shape index (κ2) is 10.2. The van der Waals surface area contributed by atoms with Crippen LogP contribution < -0.4 is 5.32 Å². The van der Waals surface area contributed by atoms with Crippen molar-refractivity contribution in [2.45, 2.75) is 31.0 Å². The molecule has 1 aliphatic rings. The quantitative estimate of drug-likeness (QED) is 0.203. The highest BCUT2D eigenvalue weighted by Crippen LogP contribution is 2.36. The minimum atomic E-state index is -4.39. The Bertz CT molecular complexity index is 1210. The first kappa shape index (κ1) is 24.9. The van der Waals surface area contributed by atoms with Gasteiger partial charge in [0, 0.05) is 6.54 Å². The smallest absolute Gasteiger partial charge is 0.350 e. The first-order valence-corrected chi connectivity index (χ1v) is 12.3. The van der Waals surface area contributed by atoms with Crippen LogP contribution in [0.4, 0.5) is 10.2 Å². The number of aliphatic hydroxyl groups excluding tert-OH is 2. The zero-order chi connectivity index (χ0) is 24.5. The molecule has 3 heterocycles. The molecule has 0 saturated carbocycles. The number of benzene rings is 1. The Morgan fingerprint density at radius 2 is 2.00 bits per heavy atom. The van der Waals surface area contributed by atoms with Crippen LogP contribution in [-0.4, -0.2) is 77.3 Å². The predicted molar refractivity (Wildman–Crippen MR) is 118 cm³/mol. The van der Waals surface area contributed by atoms with E-state index in [1.807, 2.05) is 0 Å². The number of ether oxygens (including phenoxy) is 2. The molecule has 5 N–H and O–H groups in total. The Hall–Kier alpha value is -2.22. The van der Waals surface area contributed by atoms with Crippen LogP contribution in [0.1, 0.15) is 11.8 Å². The molecule has 1 fully saturated rings. The summed E-state index contributed by atoms with van der Waals surface area (Å²) in [5.41, 5.74) is 1.05. The molecule has 1 saturated heterocycles. The van der Waals surface area contributed by atoms with Crippen molar-refractivity contribution in [3.05, 3.63) is 47.3 Å². The number of anilines is 1. The summed E-state index contributed by atoms with van der Waals surface area (Å²) in [6, 6.07) is 6.41. The molecule has 1 aliphatic heterocycles. The Kier molecular flexibility index (Phi) is 7.45. The number of halogens is 2. The molecule has 12 nitrogen and oxygen atoms in total. The number of nitrogens with zero attached hydrogens (tertiary/aromatic N) is 4. The second-order valence-electron chi connectivity index (χ2n) is 7.64. The molecule has 0 radical (unpaired) electrons. The van der Waals surface area contributed by atoms with E-state index in [9.17, 15) is 19.2 Å². The topological polar surface area (TPSA) is 172 Å². The number of aromatic nitrogens is 4. The van der Waals surface area contributed by atoms with Gasteiger partial charge in [0.15, 0.2) is 23.2 Å². The monoisotopic (exact) mass is 517 g/mol. The normalized spacial score (nSPS) is 23.0. The van der Waals surface area contributed by atoms with Gasteiger partial charge in [-0.25, -0.2) is 9.37 Å². The average Bonchev–Trinajstić information content (AvgIpc) is 3.30. The van der Waals surface area contributed by atoms with Gasteiger partial charge in [-0.3, -0.25) is 9.13 Å². The standard InChI is InChI=1S/C19H22ClFN5O7P/c20-19-24-16(22-6-5-10-3-1-2-4-11(10)21)13-17(25-19)26(8-23-13)18-15(28)14(27)12(33-18)7-32-9-34(29,30)31/h1-4,8,12,14-15,18,27-28H,5-7,9H2,(H,22,24,25)(H2,29,30,31)/t12-,14-,15-,18-/m1/s1. The number of rotatable bonds is 9. The fraction of sp³-hybridized carbons (Fsp3) is 0.421. The summed E-state index contributed by atoms with van der Waals surface area (Å²) in [6.07, 6.45) is -4.12. The molecule has 2 aromatic heterocycles. The average molecular weight is 518 g/mol. The fourth-order valence-corrected chi connectivity index (χ4v) is 4.11. The van der Waals surface area contributed by atoms with Crippen LogP contribution in [0, 0.1) is 5.82 Å². The van der Waals surface area contributed by atoms with Gasteiger partial charge in [-0.05, 0) is 29.7 Å². The lowest BCUT2D eigenvalue weighted by Crippen LogP contribution is -2.33. The molecule has 4 atom stereocenters. The van der Waals surface area contributed by atoms with Gasteiger partial charge in [0.2, 0.25) is 5.28 Å². The van der Waals surface area contributed by atoms with E-state index < -0.39 is 38.5 Å². The van der Waals surface area contributed by atoms with Crippen LogP contribution in [0.3, 0.4) is 0 Å². The van der Waals surface area contributed by atoms with E-state index in [2.05, 4.69) is 20.3 Å². The summed E-state index contributed by atoms with van der Waals surface area (Å²) >= 11 is 6.08. The largest absolute Gasteiger partial charge is 0.387 e. The van der Waals surface area contributed by atoms with Gasteiger partial charge in [-0.1, -0.05) is 18.2 Å². The molecule has 3 aromatic rings. The van der Waals surface area contributed by atoms with E-state index in [1.54, 1.807) is 18.2 Å². The molecule has 0 aliphatic carbocycles. The van der Waals surface area contributed by atoms with Gasteiger partial charge in [0.05, 0.1) is 12.9 Å². The lowest BCUT2D eigenvalue weighted by molar-refractivity contribution is -0.0612. The molecule has 184 valence electrons. The van der Waals surface area contributed by atoms with Crippen LogP contribution in [0.15, 0.2) is 30.6 Å². The van der Waals surface area contributed by atoms with Crippen LogP contribution in [0.25, 0.3) is 11.2 Å². The van der Waals surface area contributed by atoms with E-state index in [-0.39, 0.29) is 23.4 Å². The molecule has 4 rings (SSSR count). The molecule has 0 amide bonds. The van der Waals surface area contributed by atoms with Crippen molar-refractivity contribution in [2.24, 2.45) is 0 Å². The van der Waals surface area contributed by atoms with E-state index in [4.69, 9.17) is 30.9 Å². The summed E-state index contributed by atoms with van der Waals surface area (Å²) in [4.78, 5) is 30.3. The maximum atomic E-state index is 13.8. The molecule has 1 aromatic carbocycles. The van der Waals surface area contributed by atoms with Crippen LogP contribution >= 0.6 is 19.2 Å². The van der Waals surface area contributed by atoms with Gasteiger partial charge in [-0.15, -0.1) is 0 Å². The number of hydrogen-bond donors (Lipinski definition) is 5. The highest BCUT2D eigenvalue weighted by Gasteiger charge is 2.44. The number of fused-ring (bicyclic) bond motifs is 1. The Labute approximate surface area is 197 Å². The van der Waals surface area contributed by atoms with E-state index in [1.165, 1.54) is 17.0 Å². The third-order valence-electron chi connectivity index (χ3n) is 5.19. The molecule has 15 heteroatoms. The molecule has 0 spiro atoms. The van der Waals surface area contributed by atoms with Crippen molar-refractivity contribution in [3.63, 3.8) is 0 Å². The number of nitrogens with one attached hydrogen (secondary N) is 1. The number of aliphatic hydroxyl groups is 2. The minimum Gasteiger partial charge on any atom is -0.387 e. The zero-order valence-electron chi connectivity index (χ0n) is 17.5. The highest BCUT2D eigenvalue weighted by molar-refractivity contribution is 7.51. The van der Waals surface area contributed by atoms with E-state index in [0.717, 1.165) is 0 Å². The lowest BCUT2D eigenvalue weighted by Gasteiger charge is -2.17. The maximum Gasteiger partial charge on any atom is 0.350 e. The van der Waals surface area contributed by atoms with Crippen molar-refractivity contribution >= 4 is 36.2 Å². The van der Waals surface area contributed by atoms with Crippen molar-refractivity contribution in [2.75, 3.05) is 24.8 Å². The molecular formula is C19H22ClFN5O7P. The second-order valence-corrected chi connectivity index (χ2v) is 9.57. The van der Waals surface area contributed by atoms with Crippen molar-refractivity contribution < 1.29 is 38.4 Å². The highest BCUT2D eigenvalue weighted by atomic mass is 35.5. The molecule has 34 heavy (non-hydrogen) atoms. The molecule has 0 unspecified atom stereocenters. The summed E-state index contributed by atoms with van der Waals surface area (Å²) in [5.74, 6) is -0.0237. The lowest BCUT2D eigenvalue weighted by atomic mass is 10.1. The Balaban J connectivity index is 1.50. The molecular weight excluding hydrogens is 496 g/mol. The van der Waals surface area contributed by atoms with Crippen LogP contribution in [0.5, 0.6) is 0 Å². The third kappa shape index (κ3) is 5.53. The fourth-order valence-electron chi connectivity index (χ4n) is 3.60. The Morgan fingerprint density at radius 3 is 2.74 bits per heavy atom. The first-order chi connectivity index (χ1) is 16.1. The van der Waals surface area contributed by atoms with Gasteiger partial charge < -0.3 is 34.8 Å². The van der Waals surface area contributed by atoms with Crippen molar-refractivity contribution in [1.29, 1.82) is 0 Å². The number of imidazole rings is 1. The summed E-state index contributed by atoms with van der Waals surface area (Å²) < 4.78 is 36.7. The van der Waals surface area contributed by atoms with E-state index >= 15 is 0 Å². The SMILES string of the molecule is O=P(O)(O)COC[C@H]1O[C@@H](n2cnc3c(NCCc4ccccc4F)nc(Cl)nc32)[C@H](O)[C@@H]1O. The zero-order valence-corrected chi connectivity index (χ0v) is 19.2. The Morgan fingerprint density at radius 1 is 1.24 bits per heavy atom. The van der Waals surface area contributed by atoms with Gasteiger partial charge in [-0.2, -0.15) is 9.97 Å². The third-order valence-corrected chi connectivity index (χ3v) is 5.88. The summed E-state index contributed by atoms with van der Waals surface area (Å²) in [7, 11) is -4.39. The summed E-state index contributed by atoms with van der Waals surface area (Å²) in [5, 5.41) is 23.7. The van der Waals surface area contributed by atoms with Crippen LogP contribution in [0.2, 0.25) is 5.28 Å². The van der Waals surface area contributed by atoms with E-state index in [0.29, 0.717) is 29.9 Å². The van der Waals surface area contributed by atoms with Crippen LogP contribution in [-0.2, 0) is 20.5 Å². The van der Waals surface area contributed by atoms with Gasteiger partial charge in [0.25, 0.3) is 0 Å². The van der Waals surface area contributed by atoms with Crippen molar-refractivity contribution in [3.8, 4) is 0 Å². The van der Waals surface area contributed by atoms with Crippen molar-refractivity contribution in [1.82, 2.24) is 19.5 Å². The summed E-state index contributed by atoms with van der Waals surface area (Å²) in [6.45, 7) is -0.0262. The molecule has 0 bridgehead atoms. The van der Waals surface area contributed by atoms with Gasteiger partial charge in [0.1, 0.15) is 30.5 Å². The minimum absolute atomic E-state index is 0.114. The first-order valence-electron chi connectivity index (χ1n) is 10.2. The van der Waals surface area contributed by atoms with Gasteiger partial charge >= 0.3 is 7.60 Å².